The van der Waals surface area contributed by atoms with Crippen molar-refractivity contribution in [3.8, 4) is 5.75 Å². The fraction of sp³-hybridized carbons (Fsp3) is 0.0870. The summed E-state index contributed by atoms with van der Waals surface area (Å²) in [5.41, 5.74) is 4.92. The van der Waals surface area contributed by atoms with Crippen molar-refractivity contribution in [2.75, 3.05) is 12.0 Å². The first-order chi connectivity index (χ1) is 13.1. The zero-order valence-corrected chi connectivity index (χ0v) is 15.1. The van der Waals surface area contributed by atoms with Crippen LogP contribution >= 0.6 is 0 Å². The Hall–Kier alpha value is -3.40. The first-order valence-corrected chi connectivity index (χ1v) is 8.63. The van der Waals surface area contributed by atoms with Gasteiger partial charge in [0.1, 0.15) is 11.6 Å². The molecule has 3 nitrogen and oxygen atoms in total. The molecule has 0 bridgehead atoms. The van der Waals surface area contributed by atoms with Crippen LogP contribution in [0, 0.1) is 12.7 Å². The highest BCUT2D eigenvalue weighted by molar-refractivity contribution is 6.24. The molecule has 1 aliphatic rings. The Labute approximate surface area is 157 Å². The normalized spacial score (nSPS) is 14.6. The first kappa shape index (κ1) is 17.0. The van der Waals surface area contributed by atoms with Gasteiger partial charge in [0.2, 0.25) is 0 Å². The maximum Gasteiger partial charge on any atom is 0.263 e. The SMILES string of the molecule is COc1ccc2c(c1)C(=O)N(c1ccc(F)cc1)C2=Cc1ccc(C)cc1. The fourth-order valence-electron chi connectivity index (χ4n) is 3.21. The summed E-state index contributed by atoms with van der Waals surface area (Å²) in [5, 5.41) is 0. The van der Waals surface area contributed by atoms with Crippen molar-refractivity contribution in [2.24, 2.45) is 0 Å². The second-order valence-corrected chi connectivity index (χ2v) is 6.47. The Balaban J connectivity index is 1.89. The Morgan fingerprint density at radius 1 is 0.926 bits per heavy atom. The summed E-state index contributed by atoms with van der Waals surface area (Å²) in [5.74, 6) is 0.125. The zero-order valence-electron chi connectivity index (χ0n) is 15.1. The van der Waals surface area contributed by atoms with Gasteiger partial charge in [0.05, 0.1) is 18.4 Å². The topological polar surface area (TPSA) is 29.5 Å². The zero-order chi connectivity index (χ0) is 19.0. The van der Waals surface area contributed by atoms with E-state index in [1.807, 2.05) is 49.4 Å². The van der Waals surface area contributed by atoms with Crippen molar-refractivity contribution < 1.29 is 13.9 Å². The number of carbonyl (C=O) groups excluding carboxylic acids is 1. The molecule has 27 heavy (non-hydrogen) atoms. The Morgan fingerprint density at radius 3 is 2.30 bits per heavy atom. The van der Waals surface area contributed by atoms with Crippen molar-refractivity contribution in [2.45, 2.75) is 6.92 Å². The molecule has 0 saturated heterocycles. The highest BCUT2D eigenvalue weighted by Gasteiger charge is 2.33. The summed E-state index contributed by atoms with van der Waals surface area (Å²) < 4.78 is 18.7. The van der Waals surface area contributed by atoms with Gasteiger partial charge in [0, 0.05) is 11.3 Å². The molecule has 0 aliphatic carbocycles. The number of hydrogen-bond acceptors (Lipinski definition) is 2. The molecule has 3 aromatic carbocycles. The van der Waals surface area contributed by atoms with Gasteiger partial charge in [-0.3, -0.25) is 9.69 Å². The number of nitrogens with zero attached hydrogens (tertiary/aromatic N) is 1. The lowest BCUT2D eigenvalue weighted by Crippen LogP contribution is -2.22. The van der Waals surface area contributed by atoms with Crippen molar-refractivity contribution in [1.82, 2.24) is 0 Å². The summed E-state index contributed by atoms with van der Waals surface area (Å²) in [7, 11) is 1.57. The molecule has 0 fully saturated rings. The minimum absolute atomic E-state index is 0.158. The van der Waals surface area contributed by atoms with Gasteiger partial charge in [0.15, 0.2) is 0 Å². The number of carbonyl (C=O) groups is 1. The second kappa shape index (κ2) is 6.72. The van der Waals surface area contributed by atoms with Crippen LogP contribution in [0.1, 0.15) is 27.0 Å². The van der Waals surface area contributed by atoms with Gasteiger partial charge in [0.25, 0.3) is 5.91 Å². The van der Waals surface area contributed by atoms with E-state index in [9.17, 15) is 9.18 Å². The number of benzene rings is 3. The van der Waals surface area contributed by atoms with E-state index in [2.05, 4.69) is 0 Å². The lowest BCUT2D eigenvalue weighted by atomic mass is 10.1. The van der Waals surface area contributed by atoms with Crippen LogP contribution in [0.25, 0.3) is 11.8 Å². The van der Waals surface area contributed by atoms with Crippen molar-refractivity contribution in [1.29, 1.82) is 0 Å². The number of fused-ring (bicyclic) bond motifs is 1. The molecule has 4 heteroatoms. The van der Waals surface area contributed by atoms with E-state index in [0.717, 1.165) is 16.8 Å². The van der Waals surface area contributed by atoms with Crippen LogP contribution in [0.3, 0.4) is 0 Å². The van der Waals surface area contributed by atoms with E-state index in [0.29, 0.717) is 17.0 Å². The largest absolute Gasteiger partial charge is 0.497 e. The van der Waals surface area contributed by atoms with Crippen LogP contribution in [-0.4, -0.2) is 13.0 Å². The summed E-state index contributed by atoms with van der Waals surface area (Å²) in [6.45, 7) is 2.03. The number of hydrogen-bond donors (Lipinski definition) is 0. The predicted octanol–water partition coefficient (Wildman–Crippen LogP) is 5.30. The molecule has 1 amide bonds. The van der Waals surface area contributed by atoms with Gasteiger partial charge in [-0.15, -0.1) is 0 Å². The van der Waals surface area contributed by atoms with E-state index in [4.69, 9.17) is 4.74 Å². The lowest BCUT2D eigenvalue weighted by Gasteiger charge is -2.18. The number of aryl methyl sites for hydroxylation is 1. The molecule has 0 spiro atoms. The maximum absolute atomic E-state index is 13.4. The number of rotatable bonds is 3. The number of methoxy groups -OCH3 is 1. The van der Waals surface area contributed by atoms with Crippen LogP contribution < -0.4 is 9.64 Å². The predicted molar refractivity (Wildman–Crippen MR) is 105 cm³/mol. The molecule has 0 aromatic heterocycles. The molecular weight excluding hydrogens is 341 g/mol. The summed E-state index contributed by atoms with van der Waals surface area (Å²) in [6.07, 6.45) is 1.97. The molecule has 0 radical (unpaired) electrons. The molecule has 0 saturated carbocycles. The Morgan fingerprint density at radius 2 is 1.63 bits per heavy atom. The van der Waals surface area contributed by atoms with E-state index in [-0.39, 0.29) is 11.7 Å². The van der Waals surface area contributed by atoms with Crippen molar-refractivity contribution in [3.05, 3.63) is 94.8 Å². The average Bonchev–Trinajstić information content (AvgIpc) is 2.95. The summed E-state index contributed by atoms with van der Waals surface area (Å²) in [6, 6.07) is 19.5. The number of halogens is 1. The van der Waals surface area contributed by atoms with E-state index >= 15 is 0 Å². The molecule has 4 rings (SSSR count). The highest BCUT2D eigenvalue weighted by atomic mass is 19.1. The number of ether oxygens (including phenoxy) is 1. The Bertz CT molecular complexity index is 1040. The summed E-state index contributed by atoms with van der Waals surface area (Å²) >= 11 is 0. The van der Waals surface area contributed by atoms with Gasteiger partial charge in [-0.1, -0.05) is 29.8 Å². The van der Waals surface area contributed by atoms with Gasteiger partial charge >= 0.3 is 0 Å². The molecule has 1 heterocycles. The molecule has 0 atom stereocenters. The fourth-order valence-corrected chi connectivity index (χ4v) is 3.21. The van der Waals surface area contributed by atoms with E-state index < -0.39 is 0 Å². The van der Waals surface area contributed by atoms with Crippen molar-refractivity contribution in [3.63, 3.8) is 0 Å². The Kier molecular flexibility index (Phi) is 4.24. The van der Waals surface area contributed by atoms with Crippen LogP contribution in [0.15, 0.2) is 66.7 Å². The third-order valence-electron chi connectivity index (χ3n) is 4.64. The standard InChI is InChI=1S/C23H18FNO2/c1-15-3-5-16(6-4-15)13-22-20-12-11-19(27-2)14-21(20)23(26)25(22)18-9-7-17(24)8-10-18/h3-14H,1-2H3. The number of amides is 1. The van der Waals surface area contributed by atoms with Gasteiger partial charge < -0.3 is 4.74 Å². The molecule has 134 valence electrons. The molecule has 1 aliphatic heterocycles. The van der Waals surface area contributed by atoms with Crippen LogP contribution in [0.2, 0.25) is 0 Å². The maximum atomic E-state index is 13.4. The third-order valence-corrected chi connectivity index (χ3v) is 4.64. The van der Waals surface area contributed by atoms with Gasteiger partial charge in [-0.25, -0.2) is 4.39 Å². The highest BCUT2D eigenvalue weighted by Crippen LogP contribution is 2.39. The second-order valence-electron chi connectivity index (χ2n) is 6.47. The summed E-state index contributed by atoms with van der Waals surface area (Å²) in [4.78, 5) is 14.8. The average molecular weight is 359 g/mol. The molecule has 0 N–H and O–H groups in total. The quantitative estimate of drug-likeness (QED) is 0.635. The monoisotopic (exact) mass is 359 g/mol. The van der Waals surface area contributed by atoms with Gasteiger partial charge in [-0.05, 0) is 61.0 Å². The minimum Gasteiger partial charge on any atom is -0.497 e. The number of anilines is 1. The first-order valence-electron chi connectivity index (χ1n) is 8.63. The molecule has 3 aromatic rings. The lowest BCUT2D eigenvalue weighted by molar-refractivity contribution is 0.101. The molecule has 0 unspecified atom stereocenters. The van der Waals surface area contributed by atoms with Crippen LogP contribution in [0.5, 0.6) is 5.75 Å². The van der Waals surface area contributed by atoms with Crippen LogP contribution in [0.4, 0.5) is 10.1 Å². The third kappa shape index (κ3) is 3.10. The molecular formula is C23H18FNO2. The van der Waals surface area contributed by atoms with Crippen LogP contribution in [-0.2, 0) is 0 Å². The van der Waals surface area contributed by atoms with Crippen molar-refractivity contribution >= 4 is 23.4 Å². The van der Waals surface area contributed by atoms with E-state index in [1.54, 1.807) is 30.2 Å². The minimum atomic E-state index is -0.339. The smallest absolute Gasteiger partial charge is 0.263 e. The van der Waals surface area contributed by atoms with Gasteiger partial charge in [-0.2, -0.15) is 0 Å². The van der Waals surface area contributed by atoms with E-state index in [1.165, 1.54) is 17.7 Å².